The molecule has 1 aromatic rings. The Kier molecular flexibility index (Phi) is 3.41. The predicted molar refractivity (Wildman–Crippen MR) is 54.3 cm³/mol. The van der Waals surface area contributed by atoms with E-state index in [2.05, 4.69) is 0 Å². The van der Waals surface area contributed by atoms with Gasteiger partial charge in [0.1, 0.15) is 5.75 Å². The summed E-state index contributed by atoms with van der Waals surface area (Å²) in [6.07, 6.45) is 2.56. The Hall–Kier alpha value is -2.35. The maximum absolute atomic E-state index is 10.6. The summed E-state index contributed by atoms with van der Waals surface area (Å²) in [4.78, 5) is 10.1. The number of allylic oxidation sites excluding steroid dienone is 1. The zero-order valence-corrected chi connectivity index (χ0v) is 8.01. The van der Waals surface area contributed by atoms with Crippen molar-refractivity contribution < 1.29 is 9.66 Å². The van der Waals surface area contributed by atoms with Crippen molar-refractivity contribution in [2.45, 2.75) is 0 Å². The van der Waals surface area contributed by atoms with Gasteiger partial charge in [-0.3, -0.25) is 10.1 Å². The molecule has 0 spiro atoms. The summed E-state index contributed by atoms with van der Waals surface area (Å²) in [6.45, 7) is 0. The molecule has 15 heavy (non-hydrogen) atoms. The highest BCUT2D eigenvalue weighted by Gasteiger charge is 2.11. The molecule has 1 aromatic carbocycles. The van der Waals surface area contributed by atoms with Crippen molar-refractivity contribution in [2.75, 3.05) is 7.11 Å². The van der Waals surface area contributed by atoms with Crippen molar-refractivity contribution in [3.8, 4) is 11.8 Å². The maximum atomic E-state index is 10.6. The van der Waals surface area contributed by atoms with Gasteiger partial charge in [-0.25, -0.2) is 0 Å². The molecule has 0 amide bonds. The van der Waals surface area contributed by atoms with Gasteiger partial charge in [-0.2, -0.15) is 5.26 Å². The van der Waals surface area contributed by atoms with E-state index in [4.69, 9.17) is 10.00 Å². The van der Waals surface area contributed by atoms with Gasteiger partial charge in [-0.1, -0.05) is 0 Å². The summed E-state index contributed by atoms with van der Waals surface area (Å²) in [7, 11) is 1.47. The molecule has 0 saturated heterocycles. The fourth-order valence-electron chi connectivity index (χ4n) is 1.09. The fraction of sp³-hybridized carbons (Fsp3) is 0.100. The molecule has 0 radical (unpaired) electrons. The summed E-state index contributed by atoms with van der Waals surface area (Å²) in [5.41, 5.74) is 0.295. The highest BCUT2D eigenvalue weighted by atomic mass is 16.6. The topological polar surface area (TPSA) is 76.2 Å². The molecule has 0 atom stereocenters. The van der Waals surface area contributed by atoms with Crippen molar-refractivity contribution in [1.82, 2.24) is 0 Å². The van der Waals surface area contributed by atoms with E-state index in [0.29, 0.717) is 11.3 Å². The van der Waals surface area contributed by atoms with Crippen molar-refractivity contribution in [3.05, 3.63) is 40.0 Å². The lowest BCUT2D eigenvalue weighted by atomic mass is 10.1. The van der Waals surface area contributed by atoms with E-state index in [1.807, 2.05) is 0 Å². The molecular weight excluding hydrogens is 196 g/mol. The number of hydrogen-bond donors (Lipinski definition) is 0. The number of rotatable bonds is 3. The first-order valence-electron chi connectivity index (χ1n) is 4.07. The molecule has 0 aliphatic rings. The van der Waals surface area contributed by atoms with E-state index in [0.717, 1.165) is 0 Å². The van der Waals surface area contributed by atoms with Crippen LogP contribution in [0.2, 0.25) is 0 Å². The zero-order valence-electron chi connectivity index (χ0n) is 8.01. The van der Waals surface area contributed by atoms with Gasteiger partial charge in [0.2, 0.25) is 0 Å². The zero-order chi connectivity index (χ0) is 11.3. The largest absolute Gasteiger partial charge is 0.497 e. The Balaban J connectivity index is 3.23. The molecule has 0 heterocycles. The van der Waals surface area contributed by atoms with Gasteiger partial charge < -0.3 is 4.74 Å². The molecule has 0 aliphatic carbocycles. The van der Waals surface area contributed by atoms with Gasteiger partial charge in [0.25, 0.3) is 5.69 Å². The van der Waals surface area contributed by atoms with E-state index in [1.165, 1.54) is 37.5 Å². The monoisotopic (exact) mass is 204 g/mol. The first kappa shape index (κ1) is 10.7. The Bertz CT molecular complexity index is 446. The first-order valence-corrected chi connectivity index (χ1v) is 4.07. The number of nitro benzene ring substituents is 1. The smallest absolute Gasteiger partial charge is 0.276 e. The van der Waals surface area contributed by atoms with Crippen molar-refractivity contribution in [1.29, 1.82) is 5.26 Å². The highest BCUT2D eigenvalue weighted by Crippen LogP contribution is 2.24. The van der Waals surface area contributed by atoms with Crippen molar-refractivity contribution in [3.63, 3.8) is 0 Å². The van der Waals surface area contributed by atoms with Gasteiger partial charge in [0.05, 0.1) is 23.7 Å². The lowest BCUT2D eigenvalue weighted by Crippen LogP contribution is -1.92. The van der Waals surface area contributed by atoms with Crippen LogP contribution in [0.4, 0.5) is 5.69 Å². The lowest BCUT2D eigenvalue weighted by molar-refractivity contribution is -0.385. The Labute approximate surface area is 86.4 Å². The molecule has 0 bridgehead atoms. The van der Waals surface area contributed by atoms with E-state index in [1.54, 1.807) is 6.07 Å². The van der Waals surface area contributed by atoms with Gasteiger partial charge in [0.15, 0.2) is 0 Å². The fourth-order valence-corrected chi connectivity index (χ4v) is 1.09. The third-order valence-corrected chi connectivity index (χ3v) is 1.77. The van der Waals surface area contributed by atoms with Gasteiger partial charge >= 0.3 is 0 Å². The van der Waals surface area contributed by atoms with Crippen LogP contribution >= 0.6 is 0 Å². The summed E-state index contributed by atoms with van der Waals surface area (Å²) >= 11 is 0. The highest BCUT2D eigenvalue weighted by molar-refractivity contribution is 5.64. The van der Waals surface area contributed by atoms with Crippen LogP contribution in [0.5, 0.6) is 5.75 Å². The van der Waals surface area contributed by atoms with Crippen LogP contribution < -0.4 is 4.74 Å². The second-order valence-corrected chi connectivity index (χ2v) is 2.64. The first-order chi connectivity index (χ1) is 7.19. The normalized spacial score (nSPS) is 9.87. The van der Waals surface area contributed by atoms with Gasteiger partial charge in [-0.05, 0) is 18.2 Å². The van der Waals surface area contributed by atoms with Crippen LogP contribution in [0, 0.1) is 21.4 Å². The van der Waals surface area contributed by atoms with Crippen LogP contribution in [0.25, 0.3) is 6.08 Å². The SMILES string of the molecule is COc1ccc([N+](=O)[O-])c(C=CC#N)c1. The van der Waals surface area contributed by atoms with Crippen molar-refractivity contribution in [2.24, 2.45) is 0 Å². The minimum Gasteiger partial charge on any atom is -0.497 e. The number of benzene rings is 1. The predicted octanol–water partition coefficient (Wildman–Crippen LogP) is 2.14. The number of nitro groups is 1. The third-order valence-electron chi connectivity index (χ3n) is 1.77. The third kappa shape index (κ3) is 2.54. The van der Waals surface area contributed by atoms with E-state index < -0.39 is 4.92 Å². The molecule has 0 aliphatic heterocycles. The molecular formula is C10H8N2O3. The summed E-state index contributed by atoms with van der Waals surface area (Å²) < 4.78 is 4.93. The Morgan fingerprint density at radius 1 is 1.60 bits per heavy atom. The molecule has 0 unspecified atom stereocenters. The molecule has 5 nitrogen and oxygen atoms in total. The number of hydrogen-bond acceptors (Lipinski definition) is 4. The summed E-state index contributed by atoms with van der Waals surface area (Å²) in [6, 6.07) is 6.13. The Morgan fingerprint density at radius 3 is 2.87 bits per heavy atom. The van der Waals surface area contributed by atoms with Crippen LogP contribution in [-0.4, -0.2) is 12.0 Å². The molecule has 0 N–H and O–H groups in total. The van der Waals surface area contributed by atoms with Crippen LogP contribution in [-0.2, 0) is 0 Å². The van der Waals surface area contributed by atoms with Crippen LogP contribution in [0.15, 0.2) is 24.3 Å². The average Bonchev–Trinajstić information content (AvgIpc) is 2.25. The molecule has 0 saturated carbocycles. The molecule has 0 fully saturated rings. The summed E-state index contributed by atoms with van der Waals surface area (Å²) in [5.74, 6) is 0.512. The number of ether oxygens (including phenoxy) is 1. The molecule has 5 heteroatoms. The van der Waals surface area contributed by atoms with Gasteiger partial charge in [0, 0.05) is 12.1 Å². The Morgan fingerprint density at radius 2 is 2.33 bits per heavy atom. The second kappa shape index (κ2) is 4.77. The van der Waals surface area contributed by atoms with E-state index in [9.17, 15) is 10.1 Å². The second-order valence-electron chi connectivity index (χ2n) is 2.64. The quantitative estimate of drug-likeness (QED) is 0.429. The minimum absolute atomic E-state index is 0.0534. The van der Waals surface area contributed by atoms with Crippen LogP contribution in [0.3, 0.4) is 0 Å². The number of nitrogens with zero attached hydrogens (tertiary/aromatic N) is 2. The minimum atomic E-state index is -0.503. The molecule has 1 rings (SSSR count). The average molecular weight is 204 g/mol. The number of methoxy groups -OCH3 is 1. The van der Waals surface area contributed by atoms with Gasteiger partial charge in [-0.15, -0.1) is 0 Å². The maximum Gasteiger partial charge on any atom is 0.276 e. The van der Waals surface area contributed by atoms with E-state index in [-0.39, 0.29) is 5.69 Å². The van der Waals surface area contributed by atoms with Crippen LogP contribution in [0.1, 0.15) is 5.56 Å². The molecule has 0 aromatic heterocycles. The van der Waals surface area contributed by atoms with Crippen molar-refractivity contribution >= 4 is 11.8 Å². The molecule has 76 valence electrons. The summed E-state index contributed by atoms with van der Waals surface area (Å²) in [5, 5.41) is 19.0. The van der Waals surface area contributed by atoms with E-state index >= 15 is 0 Å². The standard InChI is InChI=1S/C10H8N2O3/c1-15-9-4-5-10(12(13)14)8(7-9)3-2-6-11/h2-5,7H,1H3. The number of nitriles is 1. The lowest BCUT2D eigenvalue weighted by Gasteiger charge is -2.01.